The smallest absolute Gasteiger partial charge is 0.358 e. The van der Waals surface area contributed by atoms with E-state index in [9.17, 15) is 17.1 Å². The fraction of sp³-hybridized carbons (Fsp3) is 0.300. The molecule has 8 heteroatoms. The van der Waals surface area contributed by atoms with Gasteiger partial charge in [-0.15, -0.1) is 11.8 Å². The molecule has 0 saturated heterocycles. The second-order valence-electron chi connectivity index (χ2n) is 3.28. The Bertz CT molecular complexity index is 501. The monoisotopic (exact) mass is 293 g/mol. The maximum Gasteiger partial charge on any atom is 0.488 e. The summed E-state index contributed by atoms with van der Waals surface area (Å²) in [6.45, 7) is 1.98. The lowest BCUT2D eigenvalue weighted by molar-refractivity contribution is -0.118. The maximum absolute atomic E-state index is 12.2. The zero-order chi connectivity index (χ0) is 13.6. The lowest BCUT2D eigenvalue weighted by Crippen LogP contribution is -2.22. The molecule has 0 radical (unpaired) electrons. The molecule has 1 rings (SSSR count). The van der Waals surface area contributed by atoms with Crippen LogP contribution in [0.3, 0.4) is 0 Å². The van der Waals surface area contributed by atoms with Crippen LogP contribution in [0, 0.1) is 0 Å². The summed E-state index contributed by atoms with van der Waals surface area (Å²) in [6, 6.07) is 5.94. The predicted octanol–water partition coefficient (Wildman–Crippen LogP) is 1.51. The third-order valence-corrected chi connectivity index (χ3v) is 3.17. The van der Waals surface area contributed by atoms with Gasteiger partial charge in [-0.3, -0.25) is 4.79 Å². The number of hydrogen-bond donors (Lipinski definition) is 1. The molecule has 0 aromatic heterocycles. The highest BCUT2D eigenvalue weighted by molar-refractivity contribution is 7.99. The number of hydrogen-bond acceptors (Lipinski definition) is 5. The molecule has 0 atom stereocenters. The third-order valence-electron chi connectivity index (χ3n) is 1.76. The van der Waals surface area contributed by atoms with Crippen LogP contribution in [0.5, 0.6) is 5.75 Å². The Labute approximate surface area is 109 Å². The van der Waals surface area contributed by atoms with E-state index in [1.807, 2.05) is 0 Å². The predicted molar refractivity (Wildman–Crippen MR) is 66.5 cm³/mol. The van der Waals surface area contributed by atoms with Crippen molar-refractivity contribution in [2.75, 3.05) is 12.3 Å². The van der Waals surface area contributed by atoms with E-state index >= 15 is 0 Å². The van der Waals surface area contributed by atoms with Gasteiger partial charge in [-0.1, -0.05) is 3.89 Å². The fourth-order valence-corrected chi connectivity index (χ4v) is 2.21. The van der Waals surface area contributed by atoms with Crippen LogP contribution in [0.4, 0.5) is 3.89 Å². The van der Waals surface area contributed by atoms with E-state index in [4.69, 9.17) is 0 Å². The number of nitrogens with one attached hydrogen (secondary N) is 1. The van der Waals surface area contributed by atoms with E-state index in [-0.39, 0.29) is 11.7 Å². The second kappa shape index (κ2) is 6.60. The highest BCUT2D eigenvalue weighted by Gasteiger charge is 2.08. The molecule has 1 N–H and O–H groups in total. The van der Waals surface area contributed by atoms with E-state index < -0.39 is 10.5 Å². The van der Waals surface area contributed by atoms with E-state index in [2.05, 4.69) is 9.50 Å². The van der Waals surface area contributed by atoms with Crippen LogP contribution in [0.1, 0.15) is 6.92 Å². The van der Waals surface area contributed by atoms with Crippen molar-refractivity contribution in [1.82, 2.24) is 5.32 Å². The van der Waals surface area contributed by atoms with Crippen molar-refractivity contribution in [2.24, 2.45) is 0 Å². The van der Waals surface area contributed by atoms with E-state index in [0.717, 1.165) is 4.90 Å². The summed E-state index contributed by atoms with van der Waals surface area (Å²) < 4.78 is 36.7. The largest absolute Gasteiger partial charge is 0.488 e. The van der Waals surface area contributed by atoms with Gasteiger partial charge in [0.1, 0.15) is 5.75 Å². The van der Waals surface area contributed by atoms with Crippen LogP contribution >= 0.6 is 11.8 Å². The van der Waals surface area contributed by atoms with Crippen LogP contribution in [-0.4, -0.2) is 26.6 Å². The van der Waals surface area contributed by atoms with Crippen molar-refractivity contribution in [2.45, 2.75) is 11.8 Å². The van der Waals surface area contributed by atoms with Crippen molar-refractivity contribution in [3.05, 3.63) is 24.3 Å². The normalized spacial score (nSPS) is 11.0. The molecule has 100 valence electrons. The number of halogens is 1. The summed E-state index contributed by atoms with van der Waals surface area (Å²) in [5.74, 6) is 0.512. The lowest BCUT2D eigenvalue weighted by atomic mass is 10.3. The van der Waals surface area contributed by atoms with Gasteiger partial charge in [0.05, 0.1) is 0 Å². The molecule has 0 aliphatic carbocycles. The number of thioether (sulfide) groups is 1. The van der Waals surface area contributed by atoms with Gasteiger partial charge < -0.3 is 9.50 Å². The molecule has 18 heavy (non-hydrogen) atoms. The summed E-state index contributed by atoms with van der Waals surface area (Å²) in [4.78, 5) is 11.5. The summed E-state index contributed by atoms with van der Waals surface area (Å²) in [5.41, 5.74) is 0. The standard InChI is InChI=1S/C10H12FNO4S2/c1-8(13)12-6-7-17-10-4-2-9(3-5-10)16-18(11,14)15/h2-5H,6-7H2,1H3,(H,12,13). The maximum atomic E-state index is 12.2. The average Bonchev–Trinajstić information content (AvgIpc) is 2.24. The van der Waals surface area contributed by atoms with Crippen LogP contribution in [0.2, 0.25) is 0 Å². The number of amides is 1. The zero-order valence-electron chi connectivity index (χ0n) is 9.55. The molecule has 1 aromatic carbocycles. The van der Waals surface area contributed by atoms with E-state index in [1.165, 1.54) is 30.8 Å². The van der Waals surface area contributed by atoms with Crippen LogP contribution in [0.15, 0.2) is 29.2 Å². The minimum absolute atomic E-state index is 0.0799. The molecule has 0 bridgehead atoms. The van der Waals surface area contributed by atoms with Gasteiger partial charge >= 0.3 is 10.5 Å². The summed E-state index contributed by atoms with van der Waals surface area (Å²) in [7, 11) is -4.97. The highest BCUT2D eigenvalue weighted by atomic mass is 32.3. The van der Waals surface area contributed by atoms with Crippen molar-refractivity contribution < 1.29 is 21.3 Å². The molecule has 1 aromatic rings. The lowest BCUT2D eigenvalue weighted by Gasteiger charge is -2.04. The first-order valence-corrected chi connectivity index (χ1v) is 7.27. The SMILES string of the molecule is CC(=O)NCCSc1ccc(OS(=O)(=O)F)cc1. The van der Waals surface area contributed by atoms with Crippen molar-refractivity contribution in [3.63, 3.8) is 0 Å². The van der Waals surface area contributed by atoms with E-state index in [1.54, 1.807) is 12.1 Å². The van der Waals surface area contributed by atoms with E-state index in [0.29, 0.717) is 12.3 Å². The van der Waals surface area contributed by atoms with Gasteiger partial charge in [0, 0.05) is 24.1 Å². The Morgan fingerprint density at radius 2 is 2.00 bits per heavy atom. The minimum atomic E-state index is -4.97. The van der Waals surface area contributed by atoms with Crippen molar-refractivity contribution in [3.8, 4) is 5.75 Å². The molecule has 0 unspecified atom stereocenters. The molecule has 0 heterocycles. The molecule has 5 nitrogen and oxygen atoms in total. The van der Waals surface area contributed by atoms with Gasteiger partial charge in [-0.25, -0.2) is 0 Å². The number of carbonyl (C=O) groups is 1. The first kappa shape index (κ1) is 14.8. The average molecular weight is 293 g/mol. The zero-order valence-corrected chi connectivity index (χ0v) is 11.2. The molecule has 0 fully saturated rings. The molecular formula is C10H12FNO4S2. The molecule has 0 aliphatic heterocycles. The second-order valence-corrected chi connectivity index (χ2v) is 5.40. The number of benzene rings is 1. The Morgan fingerprint density at radius 1 is 1.39 bits per heavy atom. The molecule has 1 amide bonds. The number of carbonyl (C=O) groups excluding carboxylic acids is 1. The summed E-state index contributed by atoms with van der Waals surface area (Å²) in [6.07, 6.45) is 0. The first-order valence-electron chi connectivity index (χ1n) is 4.98. The van der Waals surface area contributed by atoms with Crippen molar-refractivity contribution >= 4 is 28.2 Å². The first-order chi connectivity index (χ1) is 8.37. The van der Waals surface area contributed by atoms with Crippen LogP contribution in [-0.2, 0) is 15.3 Å². The molecule has 0 aliphatic rings. The fourth-order valence-electron chi connectivity index (χ4n) is 1.10. The quantitative estimate of drug-likeness (QED) is 0.489. The van der Waals surface area contributed by atoms with Gasteiger partial charge in [-0.2, -0.15) is 8.42 Å². The molecule has 0 spiro atoms. The van der Waals surface area contributed by atoms with Crippen LogP contribution in [0.25, 0.3) is 0 Å². The Kier molecular flexibility index (Phi) is 5.42. The summed E-state index contributed by atoms with van der Waals surface area (Å²) >= 11 is 1.48. The topological polar surface area (TPSA) is 72.5 Å². The molecular weight excluding hydrogens is 281 g/mol. The molecule has 0 saturated carbocycles. The highest BCUT2D eigenvalue weighted by Crippen LogP contribution is 2.22. The Hall–Kier alpha value is -1.28. The van der Waals surface area contributed by atoms with Crippen molar-refractivity contribution in [1.29, 1.82) is 0 Å². The Morgan fingerprint density at radius 3 is 2.50 bits per heavy atom. The summed E-state index contributed by atoms with van der Waals surface area (Å²) in [5, 5.41) is 2.64. The van der Waals surface area contributed by atoms with Gasteiger partial charge in [0.15, 0.2) is 0 Å². The van der Waals surface area contributed by atoms with Gasteiger partial charge in [0.2, 0.25) is 5.91 Å². The Balaban J connectivity index is 2.43. The van der Waals surface area contributed by atoms with Crippen LogP contribution < -0.4 is 9.50 Å². The third kappa shape index (κ3) is 6.45. The number of rotatable bonds is 6. The minimum Gasteiger partial charge on any atom is -0.358 e. The van der Waals surface area contributed by atoms with Gasteiger partial charge in [-0.05, 0) is 24.3 Å². The van der Waals surface area contributed by atoms with Gasteiger partial charge in [0.25, 0.3) is 0 Å².